The summed E-state index contributed by atoms with van der Waals surface area (Å²) in [5.41, 5.74) is 1.33. The Bertz CT molecular complexity index is 562. The smallest absolute Gasteiger partial charge is 0.191 e. The van der Waals surface area contributed by atoms with Gasteiger partial charge in [-0.15, -0.1) is 0 Å². The third-order valence-electron chi connectivity index (χ3n) is 5.37. The maximum atomic E-state index is 5.23. The van der Waals surface area contributed by atoms with E-state index in [9.17, 15) is 0 Å². The summed E-state index contributed by atoms with van der Waals surface area (Å²) in [6.07, 6.45) is 3.56. The normalized spacial score (nSPS) is 19.1. The first-order valence-corrected chi connectivity index (χ1v) is 9.99. The lowest BCUT2D eigenvalue weighted by Gasteiger charge is -2.25. The van der Waals surface area contributed by atoms with Crippen molar-refractivity contribution in [3.8, 4) is 5.75 Å². The molecule has 2 N–H and O–H groups in total. The molecule has 1 heterocycles. The van der Waals surface area contributed by atoms with Crippen LogP contribution in [0.3, 0.4) is 0 Å². The monoisotopic (exact) mass is 376 g/mol. The zero-order valence-electron chi connectivity index (χ0n) is 17.3. The molecule has 2 unspecified atom stereocenters. The van der Waals surface area contributed by atoms with Gasteiger partial charge in [-0.1, -0.05) is 19.1 Å². The molecule has 6 heteroatoms. The molecular weight excluding hydrogens is 340 g/mol. The third-order valence-corrected chi connectivity index (χ3v) is 5.37. The lowest BCUT2D eigenvalue weighted by atomic mass is 9.98. The number of nitrogens with one attached hydrogen (secondary N) is 2. The van der Waals surface area contributed by atoms with E-state index < -0.39 is 0 Å². The van der Waals surface area contributed by atoms with Crippen LogP contribution in [0, 0.1) is 0 Å². The van der Waals surface area contributed by atoms with Crippen LogP contribution in [0.1, 0.15) is 37.7 Å². The van der Waals surface area contributed by atoms with E-state index in [1.165, 1.54) is 24.9 Å². The number of hydrogen-bond donors (Lipinski definition) is 2. The minimum Gasteiger partial charge on any atom is -0.497 e. The highest BCUT2D eigenvalue weighted by atomic mass is 16.5. The summed E-state index contributed by atoms with van der Waals surface area (Å²) < 4.78 is 10.4. The Balaban J connectivity index is 1.70. The second-order valence-electron chi connectivity index (χ2n) is 7.17. The lowest BCUT2D eigenvalue weighted by Crippen LogP contribution is -2.45. The standard InChI is InChI=1S/C21H36N4O2/c1-17(18-7-9-20(27-4)10-8-18)11-12-23-21(22-2)24-16-19-6-5-13-25(19)14-15-26-3/h7-10,17,19H,5-6,11-16H2,1-4H3,(H2,22,23,24). The predicted molar refractivity (Wildman–Crippen MR) is 112 cm³/mol. The van der Waals surface area contributed by atoms with Gasteiger partial charge in [0.25, 0.3) is 0 Å². The first kappa shape index (κ1) is 21.5. The van der Waals surface area contributed by atoms with Gasteiger partial charge < -0.3 is 20.1 Å². The number of benzene rings is 1. The Morgan fingerprint density at radius 3 is 2.70 bits per heavy atom. The van der Waals surface area contributed by atoms with Crippen LogP contribution < -0.4 is 15.4 Å². The van der Waals surface area contributed by atoms with Crippen molar-refractivity contribution in [1.29, 1.82) is 0 Å². The molecule has 1 fully saturated rings. The molecule has 0 spiro atoms. The minimum absolute atomic E-state index is 0.487. The predicted octanol–water partition coefficient (Wildman–Crippen LogP) is 2.46. The molecule has 0 aliphatic carbocycles. The van der Waals surface area contributed by atoms with E-state index in [0.717, 1.165) is 44.4 Å². The molecule has 6 nitrogen and oxygen atoms in total. The van der Waals surface area contributed by atoms with Crippen molar-refractivity contribution >= 4 is 5.96 Å². The van der Waals surface area contributed by atoms with Crippen molar-refractivity contribution < 1.29 is 9.47 Å². The van der Waals surface area contributed by atoms with Gasteiger partial charge in [0.2, 0.25) is 0 Å². The Morgan fingerprint density at radius 2 is 2.04 bits per heavy atom. The third kappa shape index (κ3) is 7.03. The minimum atomic E-state index is 0.487. The van der Waals surface area contributed by atoms with E-state index in [1.54, 1.807) is 14.2 Å². The van der Waals surface area contributed by atoms with Gasteiger partial charge in [-0.05, 0) is 49.4 Å². The summed E-state index contributed by atoms with van der Waals surface area (Å²) in [5.74, 6) is 2.27. The Hall–Kier alpha value is -1.79. The number of guanidine groups is 1. The maximum Gasteiger partial charge on any atom is 0.191 e. The molecule has 1 aromatic carbocycles. The average Bonchev–Trinajstić information content (AvgIpc) is 3.16. The van der Waals surface area contributed by atoms with Crippen LogP contribution in [0.5, 0.6) is 5.75 Å². The summed E-state index contributed by atoms with van der Waals surface area (Å²) >= 11 is 0. The fourth-order valence-corrected chi connectivity index (χ4v) is 3.57. The van der Waals surface area contributed by atoms with Gasteiger partial charge in [0.05, 0.1) is 13.7 Å². The van der Waals surface area contributed by atoms with Crippen LogP contribution in [0.4, 0.5) is 0 Å². The molecule has 1 aromatic rings. The van der Waals surface area contributed by atoms with Gasteiger partial charge in [0, 0.05) is 39.8 Å². The van der Waals surface area contributed by atoms with Crippen LogP contribution >= 0.6 is 0 Å². The molecule has 0 amide bonds. The number of rotatable bonds is 10. The summed E-state index contributed by atoms with van der Waals surface area (Å²) in [6.45, 7) is 7.05. The topological polar surface area (TPSA) is 58.1 Å². The van der Waals surface area contributed by atoms with Crippen molar-refractivity contribution in [3.05, 3.63) is 29.8 Å². The first-order valence-electron chi connectivity index (χ1n) is 9.99. The second-order valence-corrected chi connectivity index (χ2v) is 7.17. The van der Waals surface area contributed by atoms with Gasteiger partial charge >= 0.3 is 0 Å². The van der Waals surface area contributed by atoms with Gasteiger partial charge in [-0.3, -0.25) is 9.89 Å². The highest BCUT2D eigenvalue weighted by molar-refractivity contribution is 5.79. The fraction of sp³-hybridized carbons (Fsp3) is 0.667. The zero-order chi connectivity index (χ0) is 19.5. The molecule has 2 rings (SSSR count). The van der Waals surface area contributed by atoms with Crippen molar-refractivity contribution in [2.45, 2.75) is 38.1 Å². The highest BCUT2D eigenvalue weighted by Crippen LogP contribution is 2.21. The quantitative estimate of drug-likeness (QED) is 0.485. The number of likely N-dealkylation sites (tertiary alicyclic amines) is 1. The van der Waals surface area contributed by atoms with Crippen molar-refractivity contribution in [2.75, 3.05) is 54.1 Å². The SMILES string of the molecule is CN=C(NCCC(C)c1ccc(OC)cc1)NCC1CCCN1CCOC. The molecule has 1 aliphatic rings. The molecule has 1 saturated heterocycles. The van der Waals surface area contributed by atoms with Crippen LogP contribution in [0.25, 0.3) is 0 Å². The van der Waals surface area contributed by atoms with Gasteiger partial charge in [0.1, 0.15) is 5.75 Å². The van der Waals surface area contributed by atoms with E-state index in [0.29, 0.717) is 12.0 Å². The molecular formula is C21H36N4O2. The van der Waals surface area contributed by atoms with Crippen LogP contribution in [0.15, 0.2) is 29.3 Å². The van der Waals surface area contributed by atoms with Gasteiger partial charge in [-0.25, -0.2) is 0 Å². The number of ether oxygens (including phenoxy) is 2. The summed E-state index contributed by atoms with van der Waals surface area (Å²) in [6, 6.07) is 8.90. The van der Waals surface area contributed by atoms with E-state index >= 15 is 0 Å². The maximum absolute atomic E-state index is 5.23. The first-order chi connectivity index (χ1) is 13.2. The molecule has 152 valence electrons. The number of hydrogen-bond acceptors (Lipinski definition) is 4. The van der Waals surface area contributed by atoms with E-state index in [1.807, 2.05) is 19.2 Å². The Morgan fingerprint density at radius 1 is 1.26 bits per heavy atom. The van der Waals surface area contributed by atoms with Crippen molar-refractivity contribution in [2.24, 2.45) is 4.99 Å². The average molecular weight is 377 g/mol. The fourth-order valence-electron chi connectivity index (χ4n) is 3.57. The van der Waals surface area contributed by atoms with Crippen molar-refractivity contribution in [1.82, 2.24) is 15.5 Å². The van der Waals surface area contributed by atoms with Crippen LogP contribution in [0.2, 0.25) is 0 Å². The lowest BCUT2D eigenvalue weighted by molar-refractivity contribution is 0.141. The molecule has 1 aliphatic heterocycles. The largest absolute Gasteiger partial charge is 0.497 e. The molecule has 0 aromatic heterocycles. The van der Waals surface area contributed by atoms with Crippen molar-refractivity contribution in [3.63, 3.8) is 0 Å². The number of methoxy groups -OCH3 is 2. The van der Waals surface area contributed by atoms with Crippen LogP contribution in [-0.2, 0) is 4.74 Å². The summed E-state index contributed by atoms with van der Waals surface area (Å²) in [4.78, 5) is 6.87. The van der Waals surface area contributed by atoms with Crippen LogP contribution in [-0.4, -0.2) is 71.0 Å². The Kier molecular flexibility index (Phi) is 9.42. The zero-order valence-corrected chi connectivity index (χ0v) is 17.3. The number of aliphatic imine (C=N–C) groups is 1. The molecule has 27 heavy (non-hydrogen) atoms. The molecule has 2 atom stereocenters. The second kappa shape index (κ2) is 11.8. The molecule has 0 saturated carbocycles. The highest BCUT2D eigenvalue weighted by Gasteiger charge is 2.23. The van der Waals surface area contributed by atoms with E-state index in [-0.39, 0.29) is 0 Å². The number of nitrogens with zero attached hydrogens (tertiary/aromatic N) is 2. The van der Waals surface area contributed by atoms with Gasteiger partial charge in [0.15, 0.2) is 5.96 Å². The van der Waals surface area contributed by atoms with E-state index in [2.05, 4.69) is 39.6 Å². The molecule has 0 radical (unpaired) electrons. The summed E-state index contributed by atoms with van der Waals surface area (Å²) in [7, 11) is 5.30. The van der Waals surface area contributed by atoms with E-state index in [4.69, 9.17) is 9.47 Å². The summed E-state index contributed by atoms with van der Waals surface area (Å²) in [5, 5.41) is 6.93. The van der Waals surface area contributed by atoms with Gasteiger partial charge in [-0.2, -0.15) is 0 Å². The Labute approximate surface area is 164 Å². The molecule has 0 bridgehead atoms.